The van der Waals surface area contributed by atoms with Crippen LogP contribution in [0.25, 0.3) is 10.9 Å². The Morgan fingerprint density at radius 2 is 1.93 bits per heavy atom. The Morgan fingerprint density at radius 1 is 1.07 bits per heavy atom. The number of nitrogens with zero attached hydrogens (tertiary/aromatic N) is 1. The molecule has 2 rings (SSSR count). The molecule has 1 aromatic heterocycles. The van der Waals surface area contributed by atoms with Gasteiger partial charge in [0.15, 0.2) is 0 Å². The first-order valence-corrected chi connectivity index (χ1v) is 4.32. The molecule has 72 valence electrons. The third-order valence-corrected chi connectivity index (χ3v) is 2.13. The second-order valence-corrected chi connectivity index (χ2v) is 2.90. The van der Waals surface area contributed by atoms with Gasteiger partial charge in [0.25, 0.3) is 0 Å². The Hall–Kier alpha value is -1.77. The predicted molar refractivity (Wildman–Crippen MR) is 54.8 cm³/mol. The number of rotatable bonds is 2. The molecule has 3 nitrogen and oxygen atoms in total. The van der Waals surface area contributed by atoms with E-state index >= 15 is 0 Å². The van der Waals surface area contributed by atoms with Crippen molar-refractivity contribution in [3.8, 4) is 11.5 Å². The third-order valence-electron chi connectivity index (χ3n) is 2.13. The second kappa shape index (κ2) is 3.54. The number of benzene rings is 1. The van der Waals surface area contributed by atoms with Crippen molar-refractivity contribution in [2.75, 3.05) is 14.2 Å². The highest BCUT2D eigenvalue weighted by molar-refractivity contribution is 5.86. The smallest absolute Gasteiger partial charge is 0.129 e. The molecule has 1 aromatic carbocycles. The molecule has 0 aliphatic heterocycles. The molecule has 0 amide bonds. The lowest BCUT2D eigenvalue weighted by atomic mass is 10.2. The molecule has 0 unspecified atom stereocenters. The van der Waals surface area contributed by atoms with Crippen molar-refractivity contribution in [3.05, 3.63) is 30.5 Å². The molecule has 0 saturated carbocycles. The number of pyridine rings is 1. The average molecular weight is 189 g/mol. The van der Waals surface area contributed by atoms with Crippen molar-refractivity contribution in [1.82, 2.24) is 4.98 Å². The summed E-state index contributed by atoms with van der Waals surface area (Å²) >= 11 is 0. The van der Waals surface area contributed by atoms with Crippen molar-refractivity contribution >= 4 is 10.9 Å². The number of aromatic nitrogens is 1. The van der Waals surface area contributed by atoms with Gasteiger partial charge >= 0.3 is 0 Å². The summed E-state index contributed by atoms with van der Waals surface area (Å²) in [5.74, 6) is 1.62. The van der Waals surface area contributed by atoms with Crippen LogP contribution in [0, 0.1) is 0 Å². The van der Waals surface area contributed by atoms with Crippen LogP contribution in [-0.4, -0.2) is 19.2 Å². The molecular formula is C11H11NO2. The zero-order valence-corrected chi connectivity index (χ0v) is 8.15. The maximum atomic E-state index is 5.23. The highest BCUT2D eigenvalue weighted by Gasteiger charge is 2.02. The van der Waals surface area contributed by atoms with Gasteiger partial charge in [0.2, 0.25) is 0 Å². The van der Waals surface area contributed by atoms with Crippen LogP contribution in [0.3, 0.4) is 0 Å². The molecule has 0 aliphatic carbocycles. The molecule has 2 aromatic rings. The minimum Gasteiger partial charge on any atom is -0.497 e. The van der Waals surface area contributed by atoms with Gasteiger partial charge in [-0.05, 0) is 24.3 Å². The zero-order valence-electron chi connectivity index (χ0n) is 8.15. The lowest BCUT2D eigenvalue weighted by Gasteiger charge is -2.05. The molecule has 0 bridgehead atoms. The predicted octanol–water partition coefficient (Wildman–Crippen LogP) is 2.25. The largest absolute Gasteiger partial charge is 0.497 e. The number of hydrogen-bond acceptors (Lipinski definition) is 3. The van der Waals surface area contributed by atoms with Crippen LogP contribution in [0.1, 0.15) is 0 Å². The van der Waals surface area contributed by atoms with E-state index in [-0.39, 0.29) is 0 Å². The summed E-state index contributed by atoms with van der Waals surface area (Å²) in [5.41, 5.74) is 0.908. The molecule has 0 aliphatic rings. The van der Waals surface area contributed by atoms with E-state index in [0.717, 1.165) is 22.4 Å². The van der Waals surface area contributed by atoms with E-state index in [9.17, 15) is 0 Å². The van der Waals surface area contributed by atoms with E-state index in [0.29, 0.717) is 0 Å². The van der Waals surface area contributed by atoms with E-state index in [4.69, 9.17) is 9.47 Å². The van der Waals surface area contributed by atoms with Crippen molar-refractivity contribution in [3.63, 3.8) is 0 Å². The Bertz CT molecular complexity index is 454. The second-order valence-electron chi connectivity index (χ2n) is 2.90. The van der Waals surface area contributed by atoms with Gasteiger partial charge in [-0.1, -0.05) is 0 Å². The molecule has 0 spiro atoms. The highest BCUT2D eigenvalue weighted by Crippen LogP contribution is 2.26. The molecule has 0 fully saturated rings. The number of methoxy groups -OCH3 is 2. The summed E-state index contributed by atoms with van der Waals surface area (Å²) in [7, 11) is 3.29. The molecular weight excluding hydrogens is 178 g/mol. The van der Waals surface area contributed by atoms with Gasteiger partial charge in [-0.2, -0.15) is 0 Å². The van der Waals surface area contributed by atoms with Crippen molar-refractivity contribution in [1.29, 1.82) is 0 Å². The minimum atomic E-state index is 0.809. The monoisotopic (exact) mass is 189 g/mol. The van der Waals surface area contributed by atoms with Crippen LogP contribution in [0.2, 0.25) is 0 Å². The first-order valence-electron chi connectivity index (χ1n) is 4.32. The standard InChI is InChI=1S/C11H11NO2/c1-13-8-3-4-10-9(7-8)11(14-2)5-6-12-10/h3-7H,1-2H3. The van der Waals surface area contributed by atoms with E-state index in [1.165, 1.54) is 0 Å². The first-order chi connectivity index (χ1) is 6.85. The molecule has 0 atom stereocenters. The van der Waals surface area contributed by atoms with Crippen LogP contribution in [0.15, 0.2) is 30.5 Å². The van der Waals surface area contributed by atoms with Gasteiger partial charge in [-0.3, -0.25) is 4.98 Å². The van der Waals surface area contributed by atoms with Gasteiger partial charge in [-0.25, -0.2) is 0 Å². The lowest BCUT2D eigenvalue weighted by Crippen LogP contribution is -1.88. The van der Waals surface area contributed by atoms with Crippen LogP contribution in [0.4, 0.5) is 0 Å². The molecule has 1 heterocycles. The number of fused-ring (bicyclic) bond motifs is 1. The number of ether oxygens (including phenoxy) is 2. The Labute approximate surface area is 82.3 Å². The summed E-state index contributed by atoms with van der Waals surface area (Å²) in [5, 5.41) is 0.967. The fraction of sp³-hybridized carbons (Fsp3) is 0.182. The fourth-order valence-electron chi connectivity index (χ4n) is 1.41. The summed E-state index contributed by atoms with van der Waals surface area (Å²) in [6, 6.07) is 7.55. The van der Waals surface area contributed by atoms with Crippen LogP contribution in [0.5, 0.6) is 11.5 Å². The fourth-order valence-corrected chi connectivity index (χ4v) is 1.41. The lowest BCUT2D eigenvalue weighted by molar-refractivity contribution is 0.412. The summed E-state index contributed by atoms with van der Waals surface area (Å²) in [6.07, 6.45) is 1.73. The Kier molecular flexibility index (Phi) is 2.23. The van der Waals surface area contributed by atoms with E-state index in [1.54, 1.807) is 20.4 Å². The summed E-state index contributed by atoms with van der Waals surface area (Å²) in [4.78, 5) is 4.23. The Balaban J connectivity index is 2.70. The SMILES string of the molecule is COc1ccc2nccc(OC)c2c1. The van der Waals surface area contributed by atoms with Crippen LogP contribution >= 0.6 is 0 Å². The number of hydrogen-bond donors (Lipinski definition) is 0. The summed E-state index contributed by atoms with van der Waals surface area (Å²) in [6.45, 7) is 0. The molecule has 14 heavy (non-hydrogen) atoms. The zero-order chi connectivity index (χ0) is 9.97. The average Bonchev–Trinajstić information content (AvgIpc) is 2.27. The van der Waals surface area contributed by atoms with Gasteiger partial charge in [0, 0.05) is 11.6 Å². The molecule has 0 radical (unpaired) electrons. The van der Waals surface area contributed by atoms with Crippen LogP contribution < -0.4 is 9.47 Å². The van der Waals surface area contributed by atoms with E-state index < -0.39 is 0 Å². The minimum absolute atomic E-state index is 0.809. The normalized spacial score (nSPS) is 10.1. The van der Waals surface area contributed by atoms with Crippen molar-refractivity contribution in [2.45, 2.75) is 0 Å². The summed E-state index contributed by atoms with van der Waals surface area (Å²) < 4.78 is 10.4. The van der Waals surface area contributed by atoms with E-state index in [2.05, 4.69) is 4.98 Å². The van der Waals surface area contributed by atoms with Gasteiger partial charge < -0.3 is 9.47 Å². The maximum Gasteiger partial charge on any atom is 0.129 e. The van der Waals surface area contributed by atoms with Gasteiger partial charge in [0.05, 0.1) is 19.7 Å². The van der Waals surface area contributed by atoms with Gasteiger partial charge in [0.1, 0.15) is 11.5 Å². The quantitative estimate of drug-likeness (QED) is 0.726. The highest BCUT2D eigenvalue weighted by atomic mass is 16.5. The van der Waals surface area contributed by atoms with Crippen molar-refractivity contribution in [2.24, 2.45) is 0 Å². The first kappa shape index (κ1) is 8.81. The van der Waals surface area contributed by atoms with Crippen LogP contribution in [-0.2, 0) is 0 Å². The Morgan fingerprint density at radius 3 is 2.64 bits per heavy atom. The topological polar surface area (TPSA) is 31.4 Å². The van der Waals surface area contributed by atoms with Gasteiger partial charge in [-0.15, -0.1) is 0 Å². The third kappa shape index (κ3) is 1.37. The maximum absolute atomic E-state index is 5.23. The molecule has 3 heteroatoms. The van der Waals surface area contributed by atoms with E-state index in [1.807, 2.05) is 24.3 Å². The molecule has 0 N–H and O–H groups in total. The molecule has 0 saturated heterocycles. The van der Waals surface area contributed by atoms with Crippen molar-refractivity contribution < 1.29 is 9.47 Å².